The predicted octanol–water partition coefficient (Wildman–Crippen LogP) is 6.07. The van der Waals surface area contributed by atoms with Crippen LogP contribution in [0.4, 0.5) is 9.93 Å². The number of hydrogen-bond acceptors (Lipinski definition) is 4. The second-order valence-corrected chi connectivity index (χ2v) is 7.71. The SMILES string of the molecule is CCCOc1ccc(-c2csc(NC(=O)NCc3cccc4ccccc34)n2)cc1. The highest BCUT2D eigenvalue weighted by Crippen LogP contribution is 2.26. The van der Waals surface area contributed by atoms with Gasteiger partial charge in [-0.15, -0.1) is 11.3 Å². The van der Waals surface area contributed by atoms with E-state index in [1.54, 1.807) is 0 Å². The van der Waals surface area contributed by atoms with Gasteiger partial charge in [-0.1, -0.05) is 49.4 Å². The topological polar surface area (TPSA) is 63.2 Å². The van der Waals surface area contributed by atoms with E-state index in [1.807, 2.05) is 53.9 Å². The van der Waals surface area contributed by atoms with Crippen molar-refractivity contribution < 1.29 is 9.53 Å². The molecule has 2 N–H and O–H groups in total. The van der Waals surface area contributed by atoms with Gasteiger partial charge in [0.05, 0.1) is 12.3 Å². The van der Waals surface area contributed by atoms with Crippen LogP contribution in [0.5, 0.6) is 5.75 Å². The number of benzene rings is 3. The summed E-state index contributed by atoms with van der Waals surface area (Å²) < 4.78 is 5.61. The smallest absolute Gasteiger partial charge is 0.321 e. The number of thiazole rings is 1. The number of fused-ring (bicyclic) bond motifs is 1. The highest BCUT2D eigenvalue weighted by atomic mass is 32.1. The van der Waals surface area contributed by atoms with Gasteiger partial charge in [-0.2, -0.15) is 0 Å². The molecule has 152 valence electrons. The number of ether oxygens (including phenoxy) is 1. The molecule has 1 aromatic heterocycles. The molecule has 4 rings (SSSR count). The van der Waals surface area contributed by atoms with Crippen LogP contribution in [0, 0.1) is 0 Å². The first-order valence-electron chi connectivity index (χ1n) is 9.93. The second kappa shape index (κ2) is 9.41. The zero-order chi connectivity index (χ0) is 20.8. The molecular weight excluding hydrogens is 394 g/mol. The summed E-state index contributed by atoms with van der Waals surface area (Å²) in [6.07, 6.45) is 0.978. The van der Waals surface area contributed by atoms with Crippen LogP contribution >= 0.6 is 11.3 Å². The van der Waals surface area contributed by atoms with Crippen molar-refractivity contribution in [3.05, 3.63) is 77.7 Å². The van der Waals surface area contributed by atoms with E-state index < -0.39 is 0 Å². The molecular formula is C24H23N3O2S. The van der Waals surface area contributed by atoms with Crippen LogP contribution in [0.1, 0.15) is 18.9 Å². The maximum absolute atomic E-state index is 12.3. The Morgan fingerprint density at radius 1 is 1.03 bits per heavy atom. The normalized spacial score (nSPS) is 10.7. The Bertz CT molecular complexity index is 1130. The van der Waals surface area contributed by atoms with E-state index >= 15 is 0 Å². The Labute approximate surface area is 179 Å². The average molecular weight is 418 g/mol. The number of hydrogen-bond donors (Lipinski definition) is 2. The van der Waals surface area contributed by atoms with Gasteiger partial charge in [0.15, 0.2) is 5.13 Å². The summed E-state index contributed by atoms with van der Waals surface area (Å²) in [4.78, 5) is 16.9. The number of carbonyl (C=O) groups is 1. The summed E-state index contributed by atoms with van der Waals surface area (Å²) >= 11 is 1.40. The molecule has 6 heteroatoms. The van der Waals surface area contributed by atoms with E-state index in [1.165, 1.54) is 11.3 Å². The van der Waals surface area contributed by atoms with Gasteiger partial charge in [-0.3, -0.25) is 5.32 Å². The molecule has 0 aliphatic heterocycles. The Morgan fingerprint density at radius 3 is 2.67 bits per heavy atom. The van der Waals surface area contributed by atoms with Gasteiger partial charge in [0, 0.05) is 17.5 Å². The molecule has 0 saturated heterocycles. The van der Waals surface area contributed by atoms with Gasteiger partial charge >= 0.3 is 6.03 Å². The van der Waals surface area contributed by atoms with Gasteiger partial charge in [0.2, 0.25) is 0 Å². The number of urea groups is 1. The molecule has 5 nitrogen and oxygen atoms in total. The van der Waals surface area contributed by atoms with Crippen LogP contribution in [-0.2, 0) is 6.54 Å². The summed E-state index contributed by atoms with van der Waals surface area (Å²) in [6.45, 7) is 3.24. The zero-order valence-electron chi connectivity index (χ0n) is 16.7. The Balaban J connectivity index is 1.36. The van der Waals surface area contributed by atoms with Crippen LogP contribution in [0.3, 0.4) is 0 Å². The minimum atomic E-state index is -0.271. The van der Waals surface area contributed by atoms with Gasteiger partial charge in [-0.05, 0) is 47.0 Å². The molecule has 0 atom stereocenters. The zero-order valence-corrected chi connectivity index (χ0v) is 17.5. The first-order chi connectivity index (χ1) is 14.7. The van der Waals surface area contributed by atoms with Gasteiger partial charge in [-0.25, -0.2) is 9.78 Å². The fraction of sp³-hybridized carbons (Fsp3) is 0.167. The standard InChI is InChI=1S/C24H23N3O2S/c1-2-14-29-20-12-10-18(11-13-20)22-16-30-24(26-22)27-23(28)25-15-19-8-5-7-17-6-3-4-9-21(17)19/h3-13,16H,2,14-15H2,1H3,(H2,25,26,27,28). The Kier molecular flexibility index (Phi) is 6.25. The molecule has 0 fully saturated rings. The van der Waals surface area contributed by atoms with Crippen molar-refractivity contribution in [2.24, 2.45) is 0 Å². The van der Waals surface area contributed by atoms with Crippen LogP contribution in [0.2, 0.25) is 0 Å². The van der Waals surface area contributed by atoms with Crippen molar-refractivity contribution in [2.75, 3.05) is 11.9 Å². The fourth-order valence-corrected chi connectivity index (χ4v) is 3.88. The summed E-state index contributed by atoms with van der Waals surface area (Å²) in [5.74, 6) is 0.849. The molecule has 30 heavy (non-hydrogen) atoms. The van der Waals surface area contributed by atoms with Gasteiger partial charge in [0.1, 0.15) is 5.75 Å². The van der Waals surface area contributed by atoms with Crippen molar-refractivity contribution >= 4 is 33.3 Å². The molecule has 0 aliphatic carbocycles. The van der Waals surface area contributed by atoms with E-state index in [9.17, 15) is 4.79 Å². The molecule has 0 bridgehead atoms. The minimum absolute atomic E-state index is 0.271. The van der Waals surface area contributed by atoms with Gasteiger partial charge in [0.25, 0.3) is 0 Å². The van der Waals surface area contributed by atoms with E-state index in [0.29, 0.717) is 18.3 Å². The largest absolute Gasteiger partial charge is 0.494 e. The van der Waals surface area contributed by atoms with Crippen molar-refractivity contribution in [3.8, 4) is 17.0 Å². The summed E-state index contributed by atoms with van der Waals surface area (Å²) in [5.41, 5.74) is 2.89. The fourth-order valence-electron chi connectivity index (χ4n) is 3.17. The number of nitrogens with one attached hydrogen (secondary N) is 2. The van der Waals surface area contributed by atoms with Crippen LogP contribution in [-0.4, -0.2) is 17.6 Å². The van der Waals surface area contributed by atoms with Crippen molar-refractivity contribution in [1.82, 2.24) is 10.3 Å². The van der Waals surface area contributed by atoms with E-state index in [2.05, 4.69) is 40.7 Å². The van der Waals surface area contributed by atoms with E-state index in [4.69, 9.17) is 4.74 Å². The van der Waals surface area contributed by atoms with E-state index in [0.717, 1.165) is 39.8 Å². The lowest BCUT2D eigenvalue weighted by molar-refractivity contribution is 0.252. The quantitative estimate of drug-likeness (QED) is 0.383. The van der Waals surface area contributed by atoms with Crippen molar-refractivity contribution in [3.63, 3.8) is 0 Å². The molecule has 0 spiro atoms. The number of nitrogens with zero attached hydrogens (tertiary/aromatic N) is 1. The number of aromatic nitrogens is 1. The molecule has 0 aliphatic rings. The van der Waals surface area contributed by atoms with E-state index in [-0.39, 0.29) is 6.03 Å². The van der Waals surface area contributed by atoms with Crippen molar-refractivity contribution in [2.45, 2.75) is 19.9 Å². The third kappa shape index (κ3) is 4.78. The lowest BCUT2D eigenvalue weighted by Gasteiger charge is -2.08. The second-order valence-electron chi connectivity index (χ2n) is 6.86. The number of amides is 2. The minimum Gasteiger partial charge on any atom is -0.494 e. The van der Waals surface area contributed by atoms with Crippen LogP contribution < -0.4 is 15.4 Å². The predicted molar refractivity (Wildman–Crippen MR) is 123 cm³/mol. The first kappa shape index (κ1) is 19.9. The number of rotatable bonds is 7. The summed E-state index contributed by atoms with van der Waals surface area (Å²) in [5, 5.41) is 10.5. The average Bonchev–Trinajstić information content (AvgIpc) is 3.25. The molecule has 2 amide bonds. The van der Waals surface area contributed by atoms with Crippen LogP contribution in [0.25, 0.3) is 22.0 Å². The third-order valence-corrected chi connectivity index (χ3v) is 5.42. The molecule has 0 radical (unpaired) electrons. The third-order valence-electron chi connectivity index (χ3n) is 4.67. The summed E-state index contributed by atoms with van der Waals surface area (Å²) in [6, 6.07) is 21.8. The monoisotopic (exact) mass is 417 g/mol. The Hall–Kier alpha value is -3.38. The van der Waals surface area contributed by atoms with Crippen molar-refractivity contribution in [1.29, 1.82) is 0 Å². The number of carbonyl (C=O) groups excluding carboxylic acids is 1. The summed E-state index contributed by atoms with van der Waals surface area (Å²) in [7, 11) is 0. The van der Waals surface area contributed by atoms with Crippen LogP contribution in [0.15, 0.2) is 72.1 Å². The maximum Gasteiger partial charge on any atom is 0.321 e. The lowest BCUT2D eigenvalue weighted by Crippen LogP contribution is -2.28. The highest BCUT2D eigenvalue weighted by Gasteiger charge is 2.09. The molecule has 0 unspecified atom stereocenters. The maximum atomic E-state index is 12.3. The van der Waals surface area contributed by atoms with Gasteiger partial charge < -0.3 is 10.1 Å². The Morgan fingerprint density at radius 2 is 1.83 bits per heavy atom. The molecule has 1 heterocycles. The number of anilines is 1. The highest BCUT2D eigenvalue weighted by molar-refractivity contribution is 7.14. The first-order valence-corrected chi connectivity index (χ1v) is 10.8. The molecule has 4 aromatic rings. The lowest BCUT2D eigenvalue weighted by atomic mass is 10.0. The molecule has 0 saturated carbocycles. The molecule has 3 aromatic carbocycles.